The Morgan fingerprint density at radius 2 is 2.16 bits per heavy atom. The Balaban J connectivity index is 1.63. The molecule has 0 aromatic carbocycles. The fraction of sp³-hybridized carbons (Fsp3) is 0.591. The van der Waals surface area contributed by atoms with E-state index in [9.17, 15) is 19.5 Å². The summed E-state index contributed by atoms with van der Waals surface area (Å²) in [6, 6.07) is 0. The third-order valence-electron chi connectivity index (χ3n) is 6.26. The highest BCUT2D eigenvalue weighted by Crippen LogP contribution is 2.53. The molecule has 168 valence electrons. The van der Waals surface area contributed by atoms with Crippen LogP contribution >= 0.6 is 0 Å². The second-order valence-electron chi connectivity index (χ2n) is 8.44. The smallest absolute Gasteiger partial charge is 0.337 e. The van der Waals surface area contributed by atoms with Crippen LogP contribution in [0.4, 0.5) is 0 Å². The molecular weight excluding hydrogens is 408 g/mol. The Kier molecular flexibility index (Phi) is 5.53. The van der Waals surface area contributed by atoms with E-state index in [1.54, 1.807) is 13.0 Å². The first kappa shape index (κ1) is 21.7. The monoisotopic (exact) mass is 434 g/mol. The predicted octanol–water partition coefficient (Wildman–Crippen LogP) is 0.753. The standard InChI is InChI=1S/C22H26O9/c1-5-12(9-27-11(3)24)21(26)29-15-7-22(4)19(31-22)18-17(30-18)13(8-23)6-14-16(15)10(2)20(25)28-14/h5-6,14-19,23H,2,7-9H2,1,3-4H3/b12-5-,13-6+/t14-,15-,16+,17+,18+,19+,22-/m1/s1. The summed E-state index contributed by atoms with van der Waals surface area (Å²) in [5, 5.41) is 9.82. The number of rotatable bonds is 5. The highest BCUT2D eigenvalue weighted by Gasteiger charge is 2.67. The maximum atomic E-state index is 12.8. The van der Waals surface area contributed by atoms with Crippen LogP contribution in [0, 0.1) is 5.92 Å². The van der Waals surface area contributed by atoms with Gasteiger partial charge >= 0.3 is 17.9 Å². The lowest BCUT2D eigenvalue weighted by atomic mass is 9.82. The molecule has 3 saturated heterocycles. The molecule has 9 heteroatoms. The first-order valence-electron chi connectivity index (χ1n) is 10.2. The van der Waals surface area contributed by atoms with Gasteiger partial charge in [0.1, 0.15) is 37.1 Å². The Labute approximate surface area is 179 Å². The van der Waals surface area contributed by atoms with Crippen LogP contribution < -0.4 is 0 Å². The topological polar surface area (TPSA) is 124 Å². The highest BCUT2D eigenvalue weighted by atomic mass is 16.7. The van der Waals surface area contributed by atoms with Gasteiger partial charge in [0.25, 0.3) is 0 Å². The molecule has 1 N–H and O–H groups in total. The molecule has 0 aromatic rings. The molecule has 0 radical (unpaired) electrons. The Morgan fingerprint density at radius 3 is 2.81 bits per heavy atom. The van der Waals surface area contributed by atoms with E-state index < -0.39 is 41.6 Å². The van der Waals surface area contributed by atoms with E-state index in [-0.39, 0.29) is 42.7 Å². The summed E-state index contributed by atoms with van der Waals surface area (Å²) >= 11 is 0. The van der Waals surface area contributed by atoms with Gasteiger partial charge in [0, 0.05) is 18.9 Å². The van der Waals surface area contributed by atoms with Gasteiger partial charge in [-0.1, -0.05) is 12.7 Å². The number of epoxide rings is 2. The van der Waals surface area contributed by atoms with Crippen molar-refractivity contribution in [2.24, 2.45) is 5.92 Å². The number of hydrogen-bond donors (Lipinski definition) is 1. The van der Waals surface area contributed by atoms with Crippen LogP contribution in [0.1, 0.15) is 27.2 Å². The summed E-state index contributed by atoms with van der Waals surface area (Å²) in [7, 11) is 0. The van der Waals surface area contributed by atoms with Crippen molar-refractivity contribution in [3.05, 3.63) is 35.5 Å². The molecule has 0 unspecified atom stereocenters. The Hall–Kier alpha value is -2.49. The largest absolute Gasteiger partial charge is 0.461 e. The summed E-state index contributed by atoms with van der Waals surface area (Å²) in [5.41, 5.74) is 0.338. The van der Waals surface area contributed by atoms with Crippen molar-refractivity contribution in [1.29, 1.82) is 0 Å². The van der Waals surface area contributed by atoms with Crippen LogP contribution in [0.15, 0.2) is 35.5 Å². The van der Waals surface area contributed by atoms with Crippen molar-refractivity contribution in [1.82, 2.24) is 0 Å². The lowest BCUT2D eigenvalue weighted by Crippen LogP contribution is -2.38. The molecule has 3 heterocycles. The molecule has 4 rings (SSSR count). The van der Waals surface area contributed by atoms with Crippen molar-refractivity contribution in [2.45, 2.75) is 63.3 Å². The normalized spacial score (nSPS) is 40.4. The summed E-state index contributed by atoms with van der Waals surface area (Å²) in [5.74, 6) is -2.41. The molecule has 7 atom stereocenters. The third kappa shape index (κ3) is 4.05. The summed E-state index contributed by atoms with van der Waals surface area (Å²) in [6.07, 6.45) is 1.23. The zero-order valence-electron chi connectivity index (χ0n) is 17.7. The first-order chi connectivity index (χ1) is 14.7. The molecule has 0 aromatic heterocycles. The van der Waals surface area contributed by atoms with E-state index in [0.29, 0.717) is 12.0 Å². The molecule has 3 fully saturated rings. The van der Waals surface area contributed by atoms with E-state index in [2.05, 4.69) is 6.58 Å². The van der Waals surface area contributed by atoms with Crippen LogP contribution in [-0.2, 0) is 38.1 Å². The van der Waals surface area contributed by atoms with Crippen molar-refractivity contribution in [3.63, 3.8) is 0 Å². The summed E-state index contributed by atoms with van der Waals surface area (Å²) < 4.78 is 27.8. The number of hydrogen-bond acceptors (Lipinski definition) is 9. The number of esters is 3. The van der Waals surface area contributed by atoms with Gasteiger partial charge in [-0.15, -0.1) is 0 Å². The van der Waals surface area contributed by atoms with Gasteiger partial charge in [0.05, 0.1) is 23.7 Å². The minimum atomic E-state index is -0.787. The molecule has 31 heavy (non-hydrogen) atoms. The van der Waals surface area contributed by atoms with E-state index >= 15 is 0 Å². The van der Waals surface area contributed by atoms with E-state index in [1.807, 2.05) is 6.92 Å². The number of aliphatic hydroxyl groups is 1. The maximum absolute atomic E-state index is 12.8. The fourth-order valence-electron chi connectivity index (χ4n) is 4.41. The van der Waals surface area contributed by atoms with E-state index in [0.717, 1.165) is 0 Å². The van der Waals surface area contributed by atoms with Gasteiger partial charge in [-0.05, 0) is 25.5 Å². The number of carbonyl (C=O) groups excluding carboxylic acids is 3. The van der Waals surface area contributed by atoms with Crippen LogP contribution in [0.3, 0.4) is 0 Å². The second kappa shape index (κ2) is 7.89. The average Bonchev–Trinajstić information content (AvgIpc) is 3.59. The summed E-state index contributed by atoms with van der Waals surface area (Å²) in [4.78, 5) is 36.3. The molecule has 0 spiro atoms. The third-order valence-corrected chi connectivity index (χ3v) is 6.26. The van der Waals surface area contributed by atoms with E-state index in [4.69, 9.17) is 23.7 Å². The highest BCUT2D eigenvalue weighted by molar-refractivity contribution is 5.92. The van der Waals surface area contributed by atoms with Crippen molar-refractivity contribution in [3.8, 4) is 0 Å². The number of ether oxygens (including phenoxy) is 5. The number of aliphatic hydroxyl groups excluding tert-OH is 1. The molecule has 0 saturated carbocycles. The minimum Gasteiger partial charge on any atom is -0.461 e. The summed E-state index contributed by atoms with van der Waals surface area (Å²) in [6.45, 7) is 8.16. The molecule has 3 aliphatic heterocycles. The van der Waals surface area contributed by atoms with Gasteiger partial charge in [-0.25, -0.2) is 9.59 Å². The van der Waals surface area contributed by atoms with Gasteiger partial charge in [0.2, 0.25) is 0 Å². The quantitative estimate of drug-likeness (QED) is 0.219. The van der Waals surface area contributed by atoms with Crippen molar-refractivity contribution >= 4 is 17.9 Å². The fourth-order valence-corrected chi connectivity index (χ4v) is 4.41. The minimum absolute atomic E-state index is 0.176. The maximum Gasteiger partial charge on any atom is 0.337 e. The van der Waals surface area contributed by atoms with Crippen LogP contribution in [-0.4, -0.2) is 72.3 Å². The molecular formula is C22H26O9. The van der Waals surface area contributed by atoms with Crippen LogP contribution in [0.2, 0.25) is 0 Å². The lowest BCUT2D eigenvalue weighted by Gasteiger charge is -2.28. The van der Waals surface area contributed by atoms with Crippen LogP contribution in [0.5, 0.6) is 0 Å². The molecule has 0 amide bonds. The molecule has 1 aliphatic carbocycles. The second-order valence-corrected chi connectivity index (χ2v) is 8.44. The van der Waals surface area contributed by atoms with Crippen molar-refractivity contribution in [2.75, 3.05) is 13.2 Å². The molecule has 4 aliphatic rings. The number of allylic oxidation sites excluding steroid dienone is 1. The average molecular weight is 434 g/mol. The number of fused-ring (bicyclic) bond motifs is 4. The molecule has 9 nitrogen and oxygen atoms in total. The first-order valence-corrected chi connectivity index (χ1v) is 10.2. The zero-order valence-corrected chi connectivity index (χ0v) is 17.7. The molecule has 0 bridgehead atoms. The van der Waals surface area contributed by atoms with E-state index in [1.165, 1.54) is 13.0 Å². The van der Waals surface area contributed by atoms with Gasteiger partial charge in [0.15, 0.2) is 0 Å². The van der Waals surface area contributed by atoms with Gasteiger partial charge < -0.3 is 28.8 Å². The Bertz CT molecular complexity index is 887. The SMILES string of the molecule is C=C1C(=O)O[C@@H]2/C=C(\CO)[C@@H]3O[C@@H]3[C@@H]3O[C@]3(C)C[C@@H](OC(=O)/C(=C\C)COC(C)=O)[C@@H]12. The van der Waals surface area contributed by atoms with Crippen molar-refractivity contribution < 1.29 is 43.2 Å². The van der Waals surface area contributed by atoms with Crippen LogP contribution in [0.25, 0.3) is 0 Å². The van der Waals surface area contributed by atoms with Gasteiger partial charge in [-0.2, -0.15) is 0 Å². The number of carbonyl (C=O) groups is 3. The lowest BCUT2D eigenvalue weighted by molar-refractivity contribution is -0.150. The van der Waals surface area contributed by atoms with Gasteiger partial charge in [-0.3, -0.25) is 4.79 Å². The zero-order chi connectivity index (χ0) is 22.5. The Morgan fingerprint density at radius 1 is 1.42 bits per heavy atom. The predicted molar refractivity (Wildman–Crippen MR) is 105 cm³/mol.